The number of hydrogen-bond acceptors (Lipinski definition) is 9. The largest absolute Gasteiger partial charge is 1.20 e. The first kappa shape index (κ1) is 21.5. The van der Waals surface area contributed by atoms with Crippen molar-refractivity contribution in [1.29, 1.82) is 0 Å². The zero-order valence-corrected chi connectivity index (χ0v) is 16.7. The number of aromatic nitrogens is 3. The third-order valence-electron chi connectivity index (χ3n) is 3.64. The first-order valence-corrected chi connectivity index (χ1v) is 9.93. The molecule has 3 heterocycles. The predicted octanol–water partition coefficient (Wildman–Crippen LogP) is -0.558. The summed E-state index contributed by atoms with van der Waals surface area (Å²) in [6.45, 7) is 0. The summed E-state index contributed by atoms with van der Waals surface area (Å²) in [7, 11) is 0. The zero-order valence-electron chi connectivity index (χ0n) is 15.5. The molecular formula is C18H12AlN3O9. The first-order chi connectivity index (χ1) is 14.8. The van der Waals surface area contributed by atoms with Crippen molar-refractivity contribution in [1.82, 2.24) is 0 Å². The average Bonchev–Trinajstić information content (AvgIpc) is 2.73. The molecule has 3 rings (SSSR count). The van der Waals surface area contributed by atoms with Crippen molar-refractivity contribution >= 4 is 33.1 Å². The van der Waals surface area contributed by atoms with Crippen LogP contribution in [0.5, 0.6) is 0 Å². The van der Waals surface area contributed by atoms with Crippen LogP contribution in [0.3, 0.4) is 0 Å². The topological polar surface area (TPSA) is 160 Å². The molecule has 0 aromatic carbocycles. The van der Waals surface area contributed by atoms with Gasteiger partial charge in [-0.1, -0.05) is 0 Å². The van der Waals surface area contributed by atoms with Gasteiger partial charge in [-0.15, -0.1) is 0 Å². The summed E-state index contributed by atoms with van der Waals surface area (Å²) in [5.74, 6) is -3.25. The molecule has 0 fully saturated rings. The second-order valence-electron chi connectivity index (χ2n) is 5.86. The molecule has 0 saturated heterocycles. The van der Waals surface area contributed by atoms with Gasteiger partial charge in [-0.05, 0) is 18.2 Å². The minimum Gasteiger partial charge on any atom is -0.619 e. The standard InChI is InChI=1S/3C6H5NO3.Al/c3*8-6(9)5-2-1-3-7(10)4-5;/h3*1-4H,(H,8,9);/q;;;+3/p-3. The van der Waals surface area contributed by atoms with Crippen molar-refractivity contribution in [2.24, 2.45) is 0 Å². The molecule has 0 aliphatic heterocycles. The van der Waals surface area contributed by atoms with Gasteiger partial charge in [-0.2, -0.15) is 14.2 Å². The summed E-state index contributed by atoms with van der Waals surface area (Å²) in [6.07, 6.45) is 6.12. The SMILES string of the molecule is O=C([O][Al]([O]C(=O)c1ccc[n+]([O-])c1)[O]C(=O)c1ccc[n+]([O-])c1)c1ccc[n+]([O-])c1. The van der Waals surface area contributed by atoms with Crippen molar-refractivity contribution < 1.29 is 39.9 Å². The Bertz CT molecular complexity index is 1000. The van der Waals surface area contributed by atoms with E-state index < -0.39 is 33.1 Å². The number of nitrogens with zero attached hydrogens (tertiary/aromatic N) is 3. The molecule has 0 aliphatic carbocycles. The Labute approximate surface area is 179 Å². The van der Waals surface area contributed by atoms with Crippen molar-refractivity contribution in [2.45, 2.75) is 0 Å². The highest BCUT2D eigenvalue weighted by Gasteiger charge is 2.50. The van der Waals surface area contributed by atoms with Crippen LogP contribution in [0, 0.1) is 15.6 Å². The maximum Gasteiger partial charge on any atom is 1.20 e. The molecule has 0 unspecified atom stereocenters. The number of hydrogen-bond donors (Lipinski definition) is 0. The van der Waals surface area contributed by atoms with E-state index in [1.807, 2.05) is 0 Å². The summed E-state index contributed by atoms with van der Waals surface area (Å²) < 4.78 is 16.1. The molecule has 156 valence electrons. The van der Waals surface area contributed by atoms with E-state index in [1.165, 1.54) is 36.4 Å². The van der Waals surface area contributed by atoms with Crippen molar-refractivity contribution in [3.05, 3.63) is 106 Å². The van der Waals surface area contributed by atoms with Crippen LogP contribution in [0.2, 0.25) is 0 Å². The second kappa shape index (κ2) is 9.53. The lowest BCUT2D eigenvalue weighted by atomic mass is 10.3. The Hall–Kier alpha value is -4.21. The van der Waals surface area contributed by atoms with Gasteiger partial charge >= 0.3 is 33.1 Å². The fourth-order valence-electron chi connectivity index (χ4n) is 2.26. The molecule has 0 radical (unpaired) electrons. The quantitative estimate of drug-likeness (QED) is 0.278. The molecular weight excluding hydrogens is 429 g/mol. The van der Waals surface area contributed by atoms with E-state index >= 15 is 0 Å². The predicted molar refractivity (Wildman–Crippen MR) is 98.2 cm³/mol. The molecule has 12 nitrogen and oxygen atoms in total. The monoisotopic (exact) mass is 441 g/mol. The number of rotatable bonds is 6. The molecule has 0 atom stereocenters. The third kappa shape index (κ3) is 5.89. The van der Waals surface area contributed by atoms with Gasteiger partial charge in [0, 0.05) is 18.2 Å². The van der Waals surface area contributed by atoms with Gasteiger partial charge in [0.15, 0.2) is 37.2 Å². The molecule has 0 spiro atoms. The molecule has 0 aliphatic rings. The molecule has 0 N–H and O–H groups in total. The lowest BCUT2D eigenvalue weighted by Gasteiger charge is -2.13. The summed E-state index contributed by atoms with van der Waals surface area (Å²) >= 11 is -3.85. The van der Waals surface area contributed by atoms with Gasteiger partial charge in [0.2, 0.25) is 0 Å². The van der Waals surface area contributed by atoms with E-state index in [1.54, 1.807) is 0 Å². The van der Waals surface area contributed by atoms with Gasteiger partial charge in [-0.3, -0.25) is 0 Å². The van der Waals surface area contributed by atoms with E-state index in [2.05, 4.69) is 0 Å². The minimum atomic E-state index is -3.85. The minimum absolute atomic E-state index is 0.184. The highest BCUT2D eigenvalue weighted by molar-refractivity contribution is 6.45. The Balaban J connectivity index is 1.81. The van der Waals surface area contributed by atoms with Gasteiger partial charge in [-0.25, -0.2) is 14.4 Å². The van der Waals surface area contributed by atoms with Crippen LogP contribution in [0.1, 0.15) is 31.1 Å². The molecule has 0 amide bonds. The van der Waals surface area contributed by atoms with Crippen LogP contribution >= 0.6 is 0 Å². The maximum absolute atomic E-state index is 12.3. The Kier molecular flexibility index (Phi) is 6.61. The van der Waals surface area contributed by atoms with Gasteiger partial charge in [0.25, 0.3) is 0 Å². The molecule has 0 bridgehead atoms. The second-order valence-corrected chi connectivity index (χ2v) is 7.15. The zero-order chi connectivity index (χ0) is 22.4. The molecule has 13 heteroatoms. The fourth-order valence-corrected chi connectivity index (χ4v) is 3.34. The van der Waals surface area contributed by atoms with Crippen LogP contribution in [0.25, 0.3) is 0 Å². The lowest BCUT2D eigenvalue weighted by Crippen LogP contribution is -2.37. The van der Waals surface area contributed by atoms with Gasteiger partial charge < -0.3 is 27.0 Å². The van der Waals surface area contributed by atoms with E-state index in [0.29, 0.717) is 14.2 Å². The van der Waals surface area contributed by atoms with Gasteiger partial charge in [0.1, 0.15) is 16.7 Å². The molecule has 3 aromatic heterocycles. The van der Waals surface area contributed by atoms with E-state index in [4.69, 9.17) is 11.4 Å². The lowest BCUT2D eigenvalue weighted by molar-refractivity contribution is -0.605. The molecule has 31 heavy (non-hydrogen) atoms. The van der Waals surface area contributed by atoms with Crippen molar-refractivity contribution in [3.63, 3.8) is 0 Å². The van der Waals surface area contributed by atoms with Gasteiger partial charge in [0.05, 0.1) is 0 Å². The van der Waals surface area contributed by atoms with E-state index in [-0.39, 0.29) is 16.7 Å². The highest BCUT2D eigenvalue weighted by atomic mass is 27.3. The molecule has 3 aromatic rings. The Morgan fingerprint density at radius 1 is 0.613 bits per heavy atom. The number of pyridine rings is 3. The van der Waals surface area contributed by atoms with Crippen LogP contribution in [0.4, 0.5) is 0 Å². The van der Waals surface area contributed by atoms with E-state index in [9.17, 15) is 30.0 Å². The Morgan fingerprint density at radius 3 is 1.16 bits per heavy atom. The van der Waals surface area contributed by atoms with Crippen LogP contribution in [0.15, 0.2) is 73.6 Å². The normalized spacial score (nSPS) is 10.1. The van der Waals surface area contributed by atoms with Crippen LogP contribution < -0.4 is 14.2 Å². The van der Waals surface area contributed by atoms with Crippen LogP contribution in [-0.4, -0.2) is 33.1 Å². The maximum atomic E-state index is 12.3. The number of carbonyl (C=O) groups is 3. The van der Waals surface area contributed by atoms with Crippen LogP contribution in [-0.2, 0) is 11.4 Å². The van der Waals surface area contributed by atoms with Crippen molar-refractivity contribution in [3.8, 4) is 0 Å². The fraction of sp³-hybridized carbons (Fsp3) is 0. The van der Waals surface area contributed by atoms with E-state index in [0.717, 1.165) is 37.2 Å². The smallest absolute Gasteiger partial charge is 0.619 e. The summed E-state index contributed by atoms with van der Waals surface area (Å²) in [5.41, 5.74) is -0.552. The average molecular weight is 441 g/mol. The third-order valence-corrected chi connectivity index (χ3v) is 4.86. The summed E-state index contributed by atoms with van der Waals surface area (Å²) in [4.78, 5) is 37.0. The first-order valence-electron chi connectivity index (χ1n) is 8.51. The highest BCUT2D eigenvalue weighted by Crippen LogP contribution is 2.08. The summed E-state index contributed by atoms with van der Waals surface area (Å²) in [6, 6.07) is 7.65. The number of carbonyl (C=O) groups excluding carboxylic acids is 3. The molecule has 0 saturated carbocycles. The Morgan fingerprint density at radius 2 is 0.903 bits per heavy atom. The van der Waals surface area contributed by atoms with Crippen molar-refractivity contribution in [2.75, 3.05) is 0 Å². The summed E-state index contributed by atoms with van der Waals surface area (Å²) in [5, 5.41) is 34.1.